The largest absolute Gasteiger partial charge is 0.461 e. The maximum absolute atomic E-state index is 12.2. The van der Waals surface area contributed by atoms with E-state index < -0.39 is 0 Å². The van der Waals surface area contributed by atoms with Crippen molar-refractivity contribution in [3.05, 3.63) is 34.3 Å². The molecule has 1 aromatic rings. The third-order valence-electron chi connectivity index (χ3n) is 4.58. The fraction of sp³-hybridized carbons (Fsp3) is 0.533. The first-order valence-electron chi connectivity index (χ1n) is 6.82. The van der Waals surface area contributed by atoms with Crippen LogP contribution in [0.5, 0.6) is 0 Å². The number of carbonyl (C=O) groups is 1. The highest BCUT2D eigenvalue weighted by atomic mass is 79.9. The van der Waals surface area contributed by atoms with Crippen LogP contribution < -0.4 is 5.73 Å². The molecule has 0 heterocycles. The van der Waals surface area contributed by atoms with Crippen molar-refractivity contribution in [2.75, 3.05) is 0 Å². The van der Waals surface area contributed by atoms with Crippen LogP contribution in [0.2, 0.25) is 0 Å². The summed E-state index contributed by atoms with van der Waals surface area (Å²) >= 11 is 3.46. The summed E-state index contributed by atoms with van der Waals surface area (Å²) in [6, 6.07) is 7.80. The lowest BCUT2D eigenvalue weighted by molar-refractivity contribution is -0.152. The van der Waals surface area contributed by atoms with Crippen molar-refractivity contribution < 1.29 is 9.53 Å². The number of rotatable bonds is 3. The van der Waals surface area contributed by atoms with Gasteiger partial charge in [0, 0.05) is 16.1 Å². The number of nitrogens with two attached hydrogens (primary N) is 1. The van der Waals surface area contributed by atoms with E-state index in [4.69, 9.17) is 10.5 Å². The van der Waals surface area contributed by atoms with Gasteiger partial charge in [0.1, 0.15) is 6.61 Å². The zero-order chi connectivity index (χ0) is 13.4. The van der Waals surface area contributed by atoms with E-state index in [1.807, 2.05) is 24.3 Å². The SMILES string of the molecule is NC1C2CCC(C2)C1C(=O)OCc1ccccc1Br. The maximum Gasteiger partial charge on any atom is 0.311 e. The van der Waals surface area contributed by atoms with Gasteiger partial charge in [-0.05, 0) is 37.2 Å². The number of fused-ring (bicyclic) bond motifs is 2. The molecule has 2 bridgehead atoms. The molecule has 102 valence electrons. The van der Waals surface area contributed by atoms with Gasteiger partial charge in [0.05, 0.1) is 5.92 Å². The average molecular weight is 324 g/mol. The van der Waals surface area contributed by atoms with Crippen molar-refractivity contribution in [2.24, 2.45) is 23.5 Å². The van der Waals surface area contributed by atoms with Gasteiger partial charge in [0.2, 0.25) is 0 Å². The molecule has 2 fully saturated rings. The summed E-state index contributed by atoms with van der Waals surface area (Å²) < 4.78 is 6.44. The van der Waals surface area contributed by atoms with Crippen LogP contribution in [0.3, 0.4) is 0 Å². The molecular weight excluding hydrogens is 306 g/mol. The van der Waals surface area contributed by atoms with Gasteiger partial charge in [0.25, 0.3) is 0 Å². The molecule has 2 saturated carbocycles. The second kappa shape index (κ2) is 5.25. The number of ether oxygens (including phenoxy) is 1. The van der Waals surface area contributed by atoms with Crippen molar-refractivity contribution in [1.82, 2.24) is 0 Å². The molecule has 0 aliphatic heterocycles. The molecular formula is C15H18BrNO2. The Morgan fingerprint density at radius 3 is 2.74 bits per heavy atom. The quantitative estimate of drug-likeness (QED) is 0.870. The molecule has 0 spiro atoms. The number of carbonyl (C=O) groups excluding carboxylic acids is 1. The van der Waals surface area contributed by atoms with Crippen LogP contribution in [0.1, 0.15) is 24.8 Å². The van der Waals surface area contributed by atoms with Crippen LogP contribution >= 0.6 is 15.9 Å². The zero-order valence-corrected chi connectivity index (χ0v) is 12.3. The minimum absolute atomic E-state index is 0.00506. The van der Waals surface area contributed by atoms with E-state index in [9.17, 15) is 4.79 Å². The lowest BCUT2D eigenvalue weighted by Crippen LogP contribution is -2.41. The van der Waals surface area contributed by atoms with Gasteiger partial charge in [-0.1, -0.05) is 34.1 Å². The number of halogens is 1. The van der Waals surface area contributed by atoms with E-state index in [0.29, 0.717) is 18.4 Å². The minimum atomic E-state index is -0.115. The van der Waals surface area contributed by atoms with Gasteiger partial charge in [-0.3, -0.25) is 4.79 Å². The first-order valence-corrected chi connectivity index (χ1v) is 7.61. The van der Waals surface area contributed by atoms with Crippen LogP contribution in [0, 0.1) is 17.8 Å². The Hall–Kier alpha value is -0.870. The molecule has 0 radical (unpaired) electrons. The van der Waals surface area contributed by atoms with E-state index in [2.05, 4.69) is 15.9 Å². The number of benzene rings is 1. The van der Waals surface area contributed by atoms with Crippen molar-refractivity contribution in [2.45, 2.75) is 31.9 Å². The zero-order valence-electron chi connectivity index (χ0n) is 10.7. The normalized spacial score (nSPS) is 32.5. The first kappa shape index (κ1) is 13.1. The van der Waals surface area contributed by atoms with Crippen molar-refractivity contribution in [3.8, 4) is 0 Å². The summed E-state index contributed by atoms with van der Waals surface area (Å²) in [6.07, 6.45) is 3.42. The van der Waals surface area contributed by atoms with Gasteiger partial charge < -0.3 is 10.5 Å². The molecule has 2 N–H and O–H groups in total. The van der Waals surface area contributed by atoms with Crippen molar-refractivity contribution >= 4 is 21.9 Å². The number of hydrogen-bond acceptors (Lipinski definition) is 3. The summed E-state index contributed by atoms with van der Waals surface area (Å²) in [4.78, 5) is 12.2. The molecule has 4 heteroatoms. The van der Waals surface area contributed by atoms with E-state index in [-0.39, 0.29) is 17.9 Å². The van der Waals surface area contributed by atoms with E-state index >= 15 is 0 Å². The van der Waals surface area contributed by atoms with Gasteiger partial charge in [-0.15, -0.1) is 0 Å². The molecule has 3 rings (SSSR count). The molecule has 0 aromatic heterocycles. The topological polar surface area (TPSA) is 52.3 Å². The van der Waals surface area contributed by atoms with Gasteiger partial charge >= 0.3 is 5.97 Å². The highest BCUT2D eigenvalue weighted by Gasteiger charge is 2.49. The molecule has 0 amide bonds. The number of hydrogen-bond donors (Lipinski definition) is 1. The molecule has 4 atom stereocenters. The van der Waals surface area contributed by atoms with Crippen LogP contribution in [0.4, 0.5) is 0 Å². The third-order valence-corrected chi connectivity index (χ3v) is 5.35. The standard InChI is InChI=1S/C15H18BrNO2/c16-12-4-2-1-3-11(12)8-19-15(18)13-9-5-6-10(7-9)14(13)17/h1-4,9-10,13-14H,5-8,17H2. The van der Waals surface area contributed by atoms with Crippen LogP contribution in [0.25, 0.3) is 0 Å². The Balaban J connectivity index is 1.62. The van der Waals surface area contributed by atoms with Gasteiger partial charge in [-0.25, -0.2) is 0 Å². The Labute approximate surface area is 121 Å². The summed E-state index contributed by atoms with van der Waals surface area (Å²) in [5, 5.41) is 0. The lowest BCUT2D eigenvalue weighted by Gasteiger charge is -2.26. The van der Waals surface area contributed by atoms with Crippen LogP contribution in [-0.2, 0) is 16.1 Å². The fourth-order valence-corrected chi connectivity index (χ4v) is 3.95. The highest BCUT2D eigenvalue weighted by molar-refractivity contribution is 9.10. The number of esters is 1. The van der Waals surface area contributed by atoms with Crippen LogP contribution in [0.15, 0.2) is 28.7 Å². The summed E-state index contributed by atoms with van der Waals surface area (Å²) in [5.74, 6) is 0.786. The fourth-order valence-electron chi connectivity index (χ4n) is 3.55. The summed E-state index contributed by atoms with van der Waals surface area (Å²) in [7, 11) is 0. The monoisotopic (exact) mass is 323 g/mol. The molecule has 0 saturated heterocycles. The maximum atomic E-state index is 12.2. The second-order valence-electron chi connectivity index (χ2n) is 5.64. The Morgan fingerprint density at radius 2 is 2.05 bits per heavy atom. The summed E-state index contributed by atoms with van der Waals surface area (Å²) in [5.41, 5.74) is 7.15. The Kier molecular flexibility index (Phi) is 3.63. The predicted molar refractivity (Wildman–Crippen MR) is 76.2 cm³/mol. The Bertz CT molecular complexity index is 489. The second-order valence-corrected chi connectivity index (χ2v) is 6.49. The lowest BCUT2D eigenvalue weighted by atomic mass is 9.85. The molecule has 2 aliphatic rings. The van der Waals surface area contributed by atoms with Gasteiger partial charge in [0.15, 0.2) is 0 Å². The molecule has 19 heavy (non-hydrogen) atoms. The minimum Gasteiger partial charge on any atom is -0.461 e. The molecule has 1 aromatic carbocycles. The van der Waals surface area contributed by atoms with E-state index in [1.54, 1.807) is 0 Å². The molecule has 3 nitrogen and oxygen atoms in total. The van der Waals surface area contributed by atoms with E-state index in [1.165, 1.54) is 6.42 Å². The van der Waals surface area contributed by atoms with Crippen LogP contribution in [-0.4, -0.2) is 12.0 Å². The molecule has 4 unspecified atom stereocenters. The van der Waals surface area contributed by atoms with Crippen molar-refractivity contribution in [3.63, 3.8) is 0 Å². The average Bonchev–Trinajstić information content (AvgIpc) is 2.98. The smallest absolute Gasteiger partial charge is 0.311 e. The first-order chi connectivity index (χ1) is 9.16. The van der Waals surface area contributed by atoms with E-state index in [0.717, 1.165) is 22.9 Å². The Morgan fingerprint density at radius 1 is 1.32 bits per heavy atom. The molecule has 2 aliphatic carbocycles. The highest BCUT2D eigenvalue weighted by Crippen LogP contribution is 2.48. The third kappa shape index (κ3) is 2.43. The predicted octanol–water partition coefficient (Wildman–Crippen LogP) is 2.87. The summed E-state index contributed by atoms with van der Waals surface area (Å²) in [6.45, 7) is 0.320. The van der Waals surface area contributed by atoms with Crippen molar-refractivity contribution in [1.29, 1.82) is 0 Å². The van der Waals surface area contributed by atoms with Gasteiger partial charge in [-0.2, -0.15) is 0 Å².